The van der Waals surface area contributed by atoms with Gasteiger partial charge in [-0.2, -0.15) is 0 Å². The Balaban J connectivity index is 2.45. The number of nitrogens with one attached hydrogen (secondary N) is 3. The second-order valence-electron chi connectivity index (χ2n) is 4.40. The number of anilines is 1. The predicted molar refractivity (Wildman–Crippen MR) is 74.0 cm³/mol. The van der Waals surface area contributed by atoms with E-state index < -0.39 is 0 Å². The van der Waals surface area contributed by atoms with Gasteiger partial charge in [-0.15, -0.1) is 0 Å². The van der Waals surface area contributed by atoms with Crippen molar-refractivity contribution in [2.45, 2.75) is 26.3 Å². The van der Waals surface area contributed by atoms with Crippen molar-refractivity contribution in [3.8, 4) is 0 Å². The summed E-state index contributed by atoms with van der Waals surface area (Å²) in [6.45, 7) is 4.10. The summed E-state index contributed by atoms with van der Waals surface area (Å²) in [7, 11) is 1.73. The maximum atomic E-state index is 11.9. The largest absolute Gasteiger partial charge is 0.386 e. The van der Waals surface area contributed by atoms with Crippen LogP contribution in [-0.4, -0.2) is 36.4 Å². The van der Waals surface area contributed by atoms with Crippen molar-refractivity contribution in [2.24, 2.45) is 0 Å². The van der Waals surface area contributed by atoms with E-state index in [0.717, 1.165) is 0 Å². The van der Waals surface area contributed by atoms with Crippen molar-refractivity contribution >= 4 is 17.5 Å². The highest BCUT2D eigenvalue weighted by molar-refractivity contribution is 5.99. The first-order valence-electron chi connectivity index (χ1n) is 6.24. The highest BCUT2D eigenvalue weighted by Crippen LogP contribution is 2.11. The molecule has 0 aliphatic heterocycles. The zero-order valence-corrected chi connectivity index (χ0v) is 11.5. The summed E-state index contributed by atoms with van der Waals surface area (Å²) in [6.07, 6.45) is 3.41. The quantitative estimate of drug-likeness (QED) is 0.708. The Morgan fingerprint density at radius 3 is 2.74 bits per heavy atom. The average Bonchev–Trinajstić information content (AvgIpc) is 2.37. The van der Waals surface area contributed by atoms with Crippen molar-refractivity contribution in [3.63, 3.8) is 0 Å². The molecule has 0 saturated heterocycles. The Morgan fingerprint density at radius 2 is 2.11 bits per heavy atom. The predicted octanol–water partition coefficient (Wildman–Crippen LogP) is 0.768. The molecule has 0 atom stereocenters. The minimum absolute atomic E-state index is 0.0705. The molecule has 0 saturated carbocycles. The zero-order chi connectivity index (χ0) is 14.3. The molecule has 1 aromatic heterocycles. The van der Waals surface area contributed by atoms with E-state index in [0.29, 0.717) is 17.8 Å². The van der Waals surface area contributed by atoms with Crippen LogP contribution in [0.15, 0.2) is 18.5 Å². The van der Waals surface area contributed by atoms with E-state index in [4.69, 9.17) is 0 Å². The lowest BCUT2D eigenvalue weighted by Crippen LogP contribution is -2.34. The molecule has 6 nitrogen and oxygen atoms in total. The molecule has 0 fully saturated rings. The van der Waals surface area contributed by atoms with E-state index >= 15 is 0 Å². The normalized spacial score (nSPS) is 10.1. The molecule has 1 heterocycles. The molecule has 6 heteroatoms. The van der Waals surface area contributed by atoms with Crippen molar-refractivity contribution < 1.29 is 9.59 Å². The maximum absolute atomic E-state index is 11.9. The van der Waals surface area contributed by atoms with E-state index in [2.05, 4.69) is 20.9 Å². The maximum Gasteiger partial charge on any atom is 0.253 e. The molecule has 19 heavy (non-hydrogen) atoms. The summed E-state index contributed by atoms with van der Waals surface area (Å²) in [5.74, 6) is -0.289. The number of carbonyl (C=O) groups excluding carboxylic acids is 2. The van der Waals surface area contributed by atoms with Gasteiger partial charge in [-0.25, -0.2) is 0 Å². The van der Waals surface area contributed by atoms with Crippen LogP contribution in [0.4, 0.5) is 5.69 Å². The highest BCUT2D eigenvalue weighted by atomic mass is 16.2. The Labute approximate surface area is 113 Å². The van der Waals surface area contributed by atoms with Crippen LogP contribution in [0.5, 0.6) is 0 Å². The number of aromatic nitrogens is 1. The average molecular weight is 264 g/mol. The van der Waals surface area contributed by atoms with E-state index in [1.165, 1.54) is 0 Å². The fourth-order valence-electron chi connectivity index (χ4n) is 1.57. The van der Waals surface area contributed by atoms with E-state index in [9.17, 15) is 9.59 Å². The van der Waals surface area contributed by atoms with Gasteiger partial charge in [0.05, 0.1) is 17.4 Å². The Kier molecular flexibility index (Phi) is 5.78. The number of pyridine rings is 1. The number of rotatable bonds is 6. The van der Waals surface area contributed by atoms with Crippen LogP contribution in [-0.2, 0) is 4.79 Å². The summed E-state index contributed by atoms with van der Waals surface area (Å²) >= 11 is 0. The number of carbonyl (C=O) groups is 2. The van der Waals surface area contributed by atoms with Gasteiger partial charge in [-0.3, -0.25) is 14.6 Å². The second-order valence-corrected chi connectivity index (χ2v) is 4.40. The summed E-state index contributed by atoms with van der Waals surface area (Å²) in [5.41, 5.74) is 1.17. The molecule has 3 N–H and O–H groups in total. The van der Waals surface area contributed by atoms with Gasteiger partial charge in [0.15, 0.2) is 0 Å². The molecule has 2 amide bonds. The van der Waals surface area contributed by atoms with Gasteiger partial charge in [0.2, 0.25) is 5.91 Å². The van der Waals surface area contributed by atoms with Crippen LogP contribution in [0.25, 0.3) is 0 Å². The van der Waals surface area contributed by atoms with Crippen LogP contribution in [0.1, 0.15) is 30.6 Å². The molecule has 0 aliphatic carbocycles. The molecular formula is C13H20N4O2. The van der Waals surface area contributed by atoms with Crippen LogP contribution in [0.2, 0.25) is 0 Å². The van der Waals surface area contributed by atoms with Crippen molar-refractivity contribution in [3.05, 3.63) is 24.0 Å². The summed E-state index contributed by atoms with van der Waals surface area (Å²) in [5, 5.41) is 8.38. The van der Waals surface area contributed by atoms with Crippen molar-refractivity contribution in [1.82, 2.24) is 15.6 Å². The Bertz CT molecular complexity index is 446. The van der Waals surface area contributed by atoms with Gasteiger partial charge < -0.3 is 16.0 Å². The fraction of sp³-hybridized carbons (Fsp3) is 0.462. The molecule has 0 aliphatic rings. The van der Waals surface area contributed by atoms with Gasteiger partial charge in [-0.1, -0.05) is 0 Å². The van der Waals surface area contributed by atoms with Gasteiger partial charge in [0.25, 0.3) is 5.91 Å². The van der Waals surface area contributed by atoms with E-state index in [-0.39, 0.29) is 24.3 Å². The third-order valence-electron chi connectivity index (χ3n) is 2.42. The third-order valence-corrected chi connectivity index (χ3v) is 2.42. The fourth-order valence-corrected chi connectivity index (χ4v) is 1.57. The first-order chi connectivity index (χ1) is 9.04. The minimum atomic E-state index is -0.218. The lowest BCUT2D eigenvalue weighted by atomic mass is 10.2. The summed E-state index contributed by atoms with van der Waals surface area (Å²) in [6, 6.07) is 1.74. The first-order valence-corrected chi connectivity index (χ1v) is 6.24. The number of nitrogens with zero attached hydrogens (tertiary/aromatic N) is 1. The standard InChI is InChI=1S/C13H20N4O2/c1-9(2)17-12(18)5-7-16-13(19)10-4-6-15-8-11(10)14-3/h4,6,8-9,14H,5,7H2,1-3H3,(H,16,19)(H,17,18). The Morgan fingerprint density at radius 1 is 1.37 bits per heavy atom. The zero-order valence-electron chi connectivity index (χ0n) is 11.5. The molecule has 0 bridgehead atoms. The molecule has 0 aromatic carbocycles. The van der Waals surface area contributed by atoms with Crippen molar-refractivity contribution in [2.75, 3.05) is 18.9 Å². The molecule has 0 spiro atoms. The molecule has 1 aromatic rings. The third kappa shape index (κ3) is 4.95. The highest BCUT2D eigenvalue weighted by Gasteiger charge is 2.10. The molecule has 0 unspecified atom stereocenters. The van der Waals surface area contributed by atoms with E-state index in [1.807, 2.05) is 13.8 Å². The van der Waals surface area contributed by atoms with Crippen molar-refractivity contribution in [1.29, 1.82) is 0 Å². The first kappa shape index (κ1) is 14.9. The Hall–Kier alpha value is -2.11. The molecule has 104 valence electrons. The second kappa shape index (κ2) is 7.35. The van der Waals surface area contributed by atoms with Gasteiger partial charge in [0.1, 0.15) is 0 Å². The molecule has 1 rings (SSSR count). The smallest absolute Gasteiger partial charge is 0.253 e. The summed E-state index contributed by atoms with van der Waals surface area (Å²) in [4.78, 5) is 27.3. The van der Waals surface area contributed by atoms with Crippen LogP contribution in [0, 0.1) is 0 Å². The number of hydrogen-bond donors (Lipinski definition) is 3. The van der Waals surface area contributed by atoms with Gasteiger partial charge in [-0.05, 0) is 19.9 Å². The van der Waals surface area contributed by atoms with Gasteiger partial charge in [0, 0.05) is 32.3 Å². The monoisotopic (exact) mass is 264 g/mol. The number of hydrogen-bond acceptors (Lipinski definition) is 4. The van der Waals surface area contributed by atoms with Crippen LogP contribution >= 0.6 is 0 Å². The SMILES string of the molecule is CNc1cnccc1C(=O)NCCC(=O)NC(C)C. The van der Waals surface area contributed by atoms with Crippen LogP contribution in [0.3, 0.4) is 0 Å². The number of amides is 2. The van der Waals surface area contributed by atoms with Crippen LogP contribution < -0.4 is 16.0 Å². The lowest BCUT2D eigenvalue weighted by molar-refractivity contribution is -0.121. The van der Waals surface area contributed by atoms with E-state index in [1.54, 1.807) is 25.5 Å². The van der Waals surface area contributed by atoms with Gasteiger partial charge >= 0.3 is 0 Å². The lowest BCUT2D eigenvalue weighted by Gasteiger charge is -2.10. The molecular weight excluding hydrogens is 244 g/mol. The topological polar surface area (TPSA) is 83.1 Å². The summed E-state index contributed by atoms with van der Waals surface area (Å²) < 4.78 is 0. The molecule has 0 radical (unpaired) electrons. The minimum Gasteiger partial charge on any atom is -0.386 e.